The monoisotopic (exact) mass is 427 g/mol. The van der Waals surface area contributed by atoms with Gasteiger partial charge in [0.2, 0.25) is 11.5 Å². The Labute approximate surface area is 169 Å². The highest BCUT2D eigenvalue weighted by molar-refractivity contribution is 5.78. The summed E-state index contributed by atoms with van der Waals surface area (Å²) in [7, 11) is 1.31. The Morgan fingerprint density at radius 1 is 1.27 bits per heavy atom. The van der Waals surface area contributed by atoms with Gasteiger partial charge in [-0.2, -0.15) is 13.2 Å². The molecule has 0 radical (unpaired) electrons. The lowest BCUT2D eigenvalue weighted by Crippen LogP contribution is -2.53. The van der Waals surface area contributed by atoms with E-state index >= 15 is 0 Å². The highest BCUT2D eigenvalue weighted by Gasteiger charge is 2.59. The fourth-order valence-electron chi connectivity index (χ4n) is 3.42. The molecule has 2 aromatic rings. The first kappa shape index (κ1) is 21.6. The zero-order valence-electron chi connectivity index (χ0n) is 16.0. The Morgan fingerprint density at radius 3 is 2.47 bits per heavy atom. The second-order valence-electron chi connectivity index (χ2n) is 7.04. The van der Waals surface area contributed by atoms with Gasteiger partial charge in [-0.05, 0) is 6.07 Å². The van der Waals surface area contributed by atoms with Crippen molar-refractivity contribution >= 4 is 17.3 Å². The molecule has 30 heavy (non-hydrogen) atoms. The van der Waals surface area contributed by atoms with Gasteiger partial charge in [0.15, 0.2) is 5.82 Å². The molecule has 3 rings (SSSR count). The summed E-state index contributed by atoms with van der Waals surface area (Å²) in [4.78, 5) is 29.6. The van der Waals surface area contributed by atoms with Crippen LogP contribution >= 0.6 is 0 Å². The van der Waals surface area contributed by atoms with Crippen LogP contribution in [0.25, 0.3) is 0 Å². The number of aryl methyl sites for hydroxylation is 1. The van der Waals surface area contributed by atoms with Crippen molar-refractivity contribution in [2.45, 2.75) is 18.2 Å². The Bertz CT molecular complexity index is 940. The molecule has 1 aromatic heterocycles. The molecule has 0 aliphatic carbocycles. The number of benzene rings is 1. The maximum Gasteiger partial charge on any atom is 0.425 e. The van der Waals surface area contributed by atoms with E-state index in [2.05, 4.69) is 4.98 Å². The van der Waals surface area contributed by atoms with Crippen molar-refractivity contribution in [3.05, 3.63) is 52.6 Å². The number of alkyl halides is 3. The van der Waals surface area contributed by atoms with E-state index < -0.39 is 34.9 Å². The molecule has 1 aromatic carbocycles. The number of amides is 1. The lowest BCUT2D eigenvalue weighted by atomic mass is 9.96. The number of hydrogen-bond donors (Lipinski definition) is 1. The number of nitro benzene ring substituents is 1. The van der Waals surface area contributed by atoms with Gasteiger partial charge in [-0.1, -0.05) is 6.07 Å². The Hall–Kier alpha value is -3.15. The second-order valence-corrected chi connectivity index (χ2v) is 7.04. The smallest absolute Gasteiger partial charge is 0.374 e. The standard InChI is InChI=1S/C18H20F3N5O4/c1-23-6-5-22-16(23)17(28,18(19,20)21)12-15(27)25-9-7-24(8-10-25)13-3-2-4-14(11-13)26(29)30/h2-6,11,28H,7-10,12H2,1H3. The summed E-state index contributed by atoms with van der Waals surface area (Å²) in [5.41, 5.74) is -2.88. The molecular weight excluding hydrogens is 407 g/mol. The molecule has 1 atom stereocenters. The Kier molecular flexibility index (Phi) is 5.70. The average molecular weight is 427 g/mol. The van der Waals surface area contributed by atoms with Crippen molar-refractivity contribution in [3.63, 3.8) is 0 Å². The van der Waals surface area contributed by atoms with Gasteiger partial charge in [0.1, 0.15) is 0 Å². The van der Waals surface area contributed by atoms with Crippen molar-refractivity contribution in [3.8, 4) is 0 Å². The number of carbonyl (C=O) groups is 1. The number of halogens is 3. The van der Waals surface area contributed by atoms with E-state index in [-0.39, 0.29) is 18.8 Å². The summed E-state index contributed by atoms with van der Waals surface area (Å²) in [6.07, 6.45) is -3.90. The minimum absolute atomic E-state index is 0.0729. The van der Waals surface area contributed by atoms with Crippen molar-refractivity contribution < 1.29 is 28.0 Å². The Balaban J connectivity index is 1.70. The van der Waals surface area contributed by atoms with Gasteiger partial charge >= 0.3 is 6.18 Å². The topological polar surface area (TPSA) is 105 Å². The van der Waals surface area contributed by atoms with Crippen LogP contribution in [0.5, 0.6) is 0 Å². The molecule has 1 unspecified atom stereocenters. The number of nitro groups is 1. The van der Waals surface area contributed by atoms with Gasteiger partial charge in [0, 0.05) is 63.4 Å². The van der Waals surface area contributed by atoms with Crippen LogP contribution < -0.4 is 4.90 Å². The number of hydrogen-bond acceptors (Lipinski definition) is 6. The molecule has 1 saturated heterocycles. The normalized spacial score (nSPS) is 17.0. The maximum absolute atomic E-state index is 13.6. The van der Waals surface area contributed by atoms with Gasteiger partial charge in [-0.3, -0.25) is 14.9 Å². The molecule has 162 valence electrons. The summed E-state index contributed by atoms with van der Waals surface area (Å²) in [6.45, 7) is 0.825. The van der Waals surface area contributed by atoms with Crippen molar-refractivity contribution in [2.75, 3.05) is 31.1 Å². The zero-order valence-corrected chi connectivity index (χ0v) is 16.0. The van der Waals surface area contributed by atoms with E-state index in [1.165, 1.54) is 30.3 Å². The van der Waals surface area contributed by atoms with Gasteiger partial charge < -0.3 is 19.5 Å². The summed E-state index contributed by atoms with van der Waals surface area (Å²) in [6, 6.07) is 6.00. The number of rotatable bonds is 5. The number of imidazole rings is 1. The number of anilines is 1. The molecule has 0 spiro atoms. The quantitative estimate of drug-likeness (QED) is 0.577. The molecule has 1 amide bonds. The first-order valence-electron chi connectivity index (χ1n) is 9.07. The third-order valence-electron chi connectivity index (χ3n) is 5.11. The second kappa shape index (κ2) is 7.94. The SMILES string of the molecule is Cn1ccnc1C(O)(CC(=O)N1CCN(c2cccc([N+](=O)[O-])c2)CC1)C(F)(F)F. The predicted molar refractivity (Wildman–Crippen MR) is 99.7 cm³/mol. The molecule has 9 nitrogen and oxygen atoms in total. The number of carbonyl (C=O) groups excluding carboxylic acids is 1. The molecule has 12 heteroatoms. The molecule has 0 saturated carbocycles. The van der Waals surface area contributed by atoms with E-state index in [0.717, 1.165) is 10.8 Å². The lowest BCUT2D eigenvalue weighted by Gasteiger charge is -2.38. The summed E-state index contributed by atoms with van der Waals surface area (Å²) in [5, 5.41) is 21.3. The van der Waals surface area contributed by atoms with Gasteiger partial charge in [0.05, 0.1) is 11.3 Å². The summed E-state index contributed by atoms with van der Waals surface area (Å²) in [5.74, 6) is -1.50. The highest BCUT2D eigenvalue weighted by atomic mass is 19.4. The molecule has 1 aliphatic rings. The first-order valence-corrected chi connectivity index (χ1v) is 9.07. The minimum atomic E-state index is -5.09. The van der Waals surface area contributed by atoms with Crippen LogP contribution in [0.2, 0.25) is 0 Å². The van der Waals surface area contributed by atoms with Crippen LogP contribution in [-0.4, -0.2) is 62.7 Å². The molecule has 2 heterocycles. The fraction of sp³-hybridized carbons (Fsp3) is 0.444. The first-order chi connectivity index (χ1) is 14.0. The summed E-state index contributed by atoms with van der Waals surface area (Å²) < 4.78 is 41.9. The molecular formula is C18H20F3N5O4. The average Bonchev–Trinajstić information content (AvgIpc) is 3.13. The van der Waals surface area contributed by atoms with Crippen LogP contribution in [-0.2, 0) is 17.4 Å². The predicted octanol–water partition coefficient (Wildman–Crippen LogP) is 1.82. The van der Waals surface area contributed by atoms with Crippen LogP contribution in [0.4, 0.5) is 24.5 Å². The summed E-state index contributed by atoms with van der Waals surface area (Å²) >= 11 is 0. The minimum Gasteiger partial charge on any atom is -0.374 e. The maximum atomic E-state index is 13.6. The number of nitrogens with zero attached hydrogens (tertiary/aromatic N) is 5. The van der Waals surface area contributed by atoms with Crippen molar-refractivity contribution in [1.29, 1.82) is 0 Å². The van der Waals surface area contributed by atoms with Gasteiger partial charge in [-0.25, -0.2) is 4.98 Å². The van der Waals surface area contributed by atoms with Gasteiger partial charge in [0.25, 0.3) is 5.69 Å². The van der Waals surface area contributed by atoms with E-state index in [9.17, 15) is 33.2 Å². The van der Waals surface area contributed by atoms with Crippen molar-refractivity contribution in [1.82, 2.24) is 14.5 Å². The number of piperazine rings is 1. The molecule has 1 fully saturated rings. The number of non-ortho nitro benzene ring substituents is 1. The number of aliphatic hydroxyl groups is 1. The number of aromatic nitrogens is 2. The molecule has 1 N–H and O–H groups in total. The zero-order chi connectivity index (χ0) is 22.1. The van der Waals surface area contributed by atoms with E-state index in [4.69, 9.17) is 0 Å². The van der Waals surface area contributed by atoms with E-state index in [1.807, 2.05) is 4.90 Å². The van der Waals surface area contributed by atoms with Crippen LogP contribution in [0.1, 0.15) is 12.2 Å². The fourth-order valence-corrected chi connectivity index (χ4v) is 3.42. The largest absolute Gasteiger partial charge is 0.425 e. The van der Waals surface area contributed by atoms with Crippen molar-refractivity contribution in [2.24, 2.45) is 7.05 Å². The van der Waals surface area contributed by atoms with E-state index in [0.29, 0.717) is 18.8 Å². The third kappa shape index (κ3) is 4.08. The van der Waals surface area contributed by atoms with E-state index in [1.54, 1.807) is 12.1 Å². The lowest BCUT2D eigenvalue weighted by molar-refractivity contribution is -0.384. The molecule has 1 aliphatic heterocycles. The Morgan fingerprint density at radius 2 is 1.93 bits per heavy atom. The third-order valence-corrected chi connectivity index (χ3v) is 5.11. The van der Waals surface area contributed by atoms with Gasteiger partial charge in [-0.15, -0.1) is 0 Å². The van der Waals surface area contributed by atoms with Crippen LogP contribution in [0.15, 0.2) is 36.7 Å². The molecule has 0 bridgehead atoms. The highest BCUT2D eigenvalue weighted by Crippen LogP contribution is 2.41. The van der Waals surface area contributed by atoms with Crippen LogP contribution in [0, 0.1) is 10.1 Å². The van der Waals surface area contributed by atoms with Crippen LogP contribution in [0.3, 0.4) is 0 Å².